The topological polar surface area (TPSA) is 17.1 Å². The molecule has 0 fully saturated rings. The smallest absolute Gasteiger partial charge is 0.111 e. The normalized spacial score (nSPS) is 10.9. The lowest BCUT2D eigenvalue weighted by atomic mass is 10.1. The summed E-state index contributed by atoms with van der Waals surface area (Å²) in [7, 11) is -2.23. The van der Waals surface area contributed by atoms with E-state index >= 15 is 0 Å². The summed E-state index contributed by atoms with van der Waals surface area (Å²) in [4.78, 5) is 0. The van der Waals surface area contributed by atoms with Crippen LogP contribution in [0.25, 0.3) is 0 Å². The third kappa shape index (κ3) is 2.23. The number of rotatable bonds is 1. The van der Waals surface area contributed by atoms with Gasteiger partial charge in [0.05, 0.1) is 0 Å². The van der Waals surface area contributed by atoms with Gasteiger partial charge < -0.3 is 4.57 Å². The summed E-state index contributed by atoms with van der Waals surface area (Å²) in [6, 6.07) is 5.70. The SMILES string of the molecule is C#Cc1cc(C)ccc1P(C)(C)=O. The number of aryl methyl sites for hydroxylation is 1. The fraction of sp³-hybridized carbons (Fsp3) is 0.273. The van der Waals surface area contributed by atoms with Gasteiger partial charge in [-0.1, -0.05) is 12.0 Å². The van der Waals surface area contributed by atoms with Gasteiger partial charge >= 0.3 is 0 Å². The molecule has 13 heavy (non-hydrogen) atoms. The molecule has 0 aliphatic heterocycles. The van der Waals surface area contributed by atoms with Crippen molar-refractivity contribution in [3.8, 4) is 12.3 Å². The molecule has 0 heterocycles. The van der Waals surface area contributed by atoms with Crippen LogP contribution in [0.2, 0.25) is 0 Å². The molecule has 2 heteroatoms. The lowest BCUT2D eigenvalue weighted by Gasteiger charge is -2.09. The first kappa shape index (κ1) is 10.1. The average Bonchev–Trinajstić information content (AvgIpc) is 2.01. The van der Waals surface area contributed by atoms with Crippen LogP contribution in [0, 0.1) is 19.3 Å². The highest BCUT2D eigenvalue weighted by Crippen LogP contribution is 2.35. The first-order valence-electron chi connectivity index (χ1n) is 4.08. The Hall–Kier alpha value is -0.990. The summed E-state index contributed by atoms with van der Waals surface area (Å²) >= 11 is 0. The van der Waals surface area contributed by atoms with Crippen LogP contribution >= 0.6 is 7.14 Å². The Morgan fingerprint density at radius 1 is 1.38 bits per heavy atom. The third-order valence-electron chi connectivity index (χ3n) is 1.89. The lowest BCUT2D eigenvalue weighted by molar-refractivity contribution is 0.588. The van der Waals surface area contributed by atoms with E-state index in [9.17, 15) is 4.57 Å². The standard InChI is InChI=1S/C11H13OP/c1-5-10-8-9(2)6-7-11(10)13(3,4)12/h1,6-8H,2-4H3. The molecular weight excluding hydrogens is 179 g/mol. The maximum Gasteiger partial charge on any atom is 0.111 e. The van der Waals surface area contributed by atoms with Gasteiger partial charge in [-0.2, -0.15) is 0 Å². The summed E-state index contributed by atoms with van der Waals surface area (Å²) in [6.45, 7) is 5.44. The van der Waals surface area contributed by atoms with Gasteiger partial charge in [0.15, 0.2) is 0 Å². The van der Waals surface area contributed by atoms with Crippen molar-refractivity contribution in [3.63, 3.8) is 0 Å². The van der Waals surface area contributed by atoms with Crippen LogP contribution in [-0.2, 0) is 4.57 Å². The molecule has 1 nitrogen and oxygen atoms in total. The molecule has 0 bridgehead atoms. The van der Waals surface area contributed by atoms with Gasteiger partial charge in [0, 0.05) is 10.9 Å². The summed E-state index contributed by atoms with van der Waals surface area (Å²) in [5.41, 5.74) is 1.86. The Balaban J connectivity index is 3.41. The number of hydrogen-bond acceptors (Lipinski definition) is 1. The zero-order valence-electron chi connectivity index (χ0n) is 8.16. The molecule has 0 radical (unpaired) electrons. The molecule has 1 aromatic carbocycles. The Bertz CT molecular complexity index is 407. The Labute approximate surface area is 79.5 Å². The van der Waals surface area contributed by atoms with Crippen molar-refractivity contribution in [1.82, 2.24) is 0 Å². The maximum absolute atomic E-state index is 11.8. The highest BCUT2D eigenvalue weighted by Gasteiger charge is 2.14. The highest BCUT2D eigenvalue weighted by molar-refractivity contribution is 7.70. The molecule has 0 amide bonds. The molecule has 0 aliphatic rings. The van der Waals surface area contributed by atoms with Gasteiger partial charge in [0.25, 0.3) is 0 Å². The van der Waals surface area contributed by atoms with Crippen molar-refractivity contribution in [2.45, 2.75) is 6.92 Å². The van der Waals surface area contributed by atoms with E-state index in [1.54, 1.807) is 13.3 Å². The molecule has 0 N–H and O–H groups in total. The maximum atomic E-state index is 11.8. The molecular formula is C11H13OP. The molecule has 0 saturated heterocycles. The quantitative estimate of drug-likeness (QED) is 0.492. The van der Waals surface area contributed by atoms with Crippen LogP contribution < -0.4 is 5.30 Å². The van der Waals surface area contributed by atoms with Gasteiger partial charge in [0.2, 0.25) is 0 Å². The van der Waals surface area contributed by atoms with Crippen molar-refractivity contribution in [1.29, 1.82) is 0 Å². The zero-order chi connectivity index (χ0) is 10.1. The van der Waals surface area contributed by atoms with Gasteiger partial charge in [-0.3, -0.25) is 0 Å². The van der Waals surface area contributed by atoms with Crippen LogP contribution in [0.1, 0.15) is 11.1 Å². The molecule has 68 valence electrons. The molecule has 1 aromatic rings. The third-order valence-corrected chi connectivity index (χ3v) is 3.44. The zero-order valence-corrected chi connectivity index (χ0v) is 9.06. The molecule has 0 atom stereocenters. The van der Waals surface area contributed by atoms with Crippen LogP contribution in [0.5, 0.6) is 0 Å². The minimum Gasteiger partial charge on any atom is -0.319 e. The van der Waals surface area contributed by atoms with Gasteiger partial charge in [-0.25, -0.2) is 0 Å². The van der Waals surface area contributed by atoms with E-state index in [0.29, 0.717) is 0 Å². The van der Waals surface area contributed by atoms with E-state index in [-0.39, 0.29) is 0 Å². The van der Waals surface area contributed by atoms with E-state index in [0.717, 1.165) is 16.4 Å². The molecule has 0 aliphatic carbocycles. The first-order chi connectivity index (χ1) is 5.95. The van der Waals surface area contributed by atoms with Crippen LogP contribution in [-0.4, -0.2) is 13.3 Å². The predicted molar refractivity (Wildman–Crippen MR) is 58.2 cm³/mol. The Morgan fingerprint density at radius 3 is 2.46 bits per heavy atom. The van der Waals surface area contributed by atoms with Gasteiger partial charge in [-0.05, 0) is 37.9 Å². The van der Waals surface area contributed by atoms with Crippen molar-refractivity contribution in [2.75, 3.05) is 13.3 Å². The highest BCUT2D eigenvalue weighted by atomic mass is 31.2. The van der Waals surface area contributed by atoms with Crippen LogP contribution in [0.4, 0.5) is 0 Å². The second-order valence-corrected chi connectivity index (χ2v) is 6.70. The van der Waals surface area contributed by atoms with Gasteiger partial charge in [-0.15, -0.1) is 6.42 Å². The van der Waals surface area contributed by atoms with E-state index in [4.69, 9.17) is 6.42 Å². The van der Waals surface area contributed by atoms with Crippen LogP contribution in [0.3, 0.4) is 0 Å². The molecule has 0 spiro atoms. The van der Waals surface area contributed by atoms with Crippen LogP contribution in [0.15, 0.2) is 18.2 Å². The van der Waals surface area contributed by atoms with Crippen molar-refractivity contribution < 1.29 is 4.57 Å². The number of hydrogen-bond donors (Lipinski definition) is 0. The van der Waals surface area contributed by atoms with Gasteiger partial charge in [0.1, 0.15) is 7.14 Å². The monoisotopic (exact) mass is 192 g/mol. The Kier molecular flexibility index (Phi) is 2.64. The fourth-order valence-corrected chi connectivity index (χ4v) is 2.38. The molecule has 0 unspecified atom stereocenters. The van der Waals surface area contributed by atoms with Crippen molar-refractivity contribution >= 4 is 12.4 Å². The summed E-state index contributed by atoms with van der Waals surface area (Å²) in [6.07, 6.45) is 5.35. The first-order valence-corrected chi connectivity index (χ1v) is 6.68. The van der Waals surface area contributed by atoms with E-state index in [1.807, 2.05) is 25.1 Å². The lowest BCUT2D eigenvalue weighted by Crippen LogP contribution is -2.07. The Morgan fingerprint density at radius 2 is 2.00 bits per heavy atom. The largest absolute Gasteiger partial charge is 0.319 e. The minimum atomic E-state index is -2.23. The predicted octanol–water partition coefficient (Wildman–Crippen LogP) is 2.22. The van der Waals surface area contributed by atoms with E-state index in [1.165, 1.54) is 0 Å². The summed E-state index contributed by atoms with van der Waals surface area (Å²) < 4.78 is 11.8. The molecule has 0 saturated carbocycles. The molecule has 1 rings (SSSR count). The summed E-state index contributed by atoms with van der Waals surface area (Å²) in [5.74, 6) is 2.57. The minimum absolute atomic E-state index is 0.758. The second kappa shape index (κ2) is 3.40. The number of benzene rings is 1. The van der Waals surface area contributed by atoms with E-state index < -0.39 is 7.14 Å². The number of terminal acetylenes is 1. The van der Waals surface area contributed by atoms with E-state index in [2.05, 4.69) is 5.92 Å². The second-order valence-electron chi connectivity index (χ2n) is 3.52. The average molecular weight is 192 g/mol. The summed E-state index contributed by atoms with van der Waals surface area (Å²) in [5, 5.41) is 0.806. The van der Waals surface area contributed by atoms with Crippen molar-refractivity contribution in [3.05, 3.63) is 29.3 Å². The fourth-order valence-electron chi connectivity index (χ4n) is 1.24. The molecule has 0 aromatic heterocycles. The van der Waals surface area contributed by atoms with Crippen molar-refractivity contribution in [2.24, 2.45) is 0 Å².